The Balaban J connectivity index is 2.79. The summed E-state index contributed by atoms with van der Waals surface area (Å²) in [5, 5.41) is 16.1. The molecule has 1 aromatic carbocycles. The predicted octanol–water partition coefficient (Wildman–Crippen LogP) is 2.57. The number of aromatic hydroxyl groups is 1. The molecule has 0 saturated heterocycles. The van der Waals surface area contributed by atoms with E-state index in [4.69, 9.17) is 0 Å². The Labute approximate surface area is 140 Å². The van der Waals surface area contributed by atoms with Gasteiger partial charge in [-0.2, -0.15) is 13.2 Å². The van der Waals surface area contributed by atoms with Crippen LogP contribution in [0.1, 0.15) is 11.1 Å². The Morgan fingerprint density at radius 1 is 1.32 bits per heavy atom. The first-order chi connectivity index (χ1) is 11.8. The van der Waals surface area contributed by atoms with Gasteiger partial charge in [0.1, 0.15) is 12.9 Å². The molecular formula is C16H14F3N3O3. The summed E-state index contributed by atoms with van der Waals surface area (Å²) in [5.41, 5.74) is -2.05. The Bertz CT molecular complexity index is 806. The van der Waals surface area contributed by atoms with Gasteiger partial charge < -0.3 is 15.3 Å². The van der Waals surface area contributed by atoms with Crippen LogP contribution in [0.15, 0.2) is 41.7 Å². The van der Waals surface area contributed by atoms with E-state index in [2.05, 4.69) is 20.3 Å². The van der Waals surface area contributed by atoms with Gasteiger partial charge in [-0.3, -0.25) is 9.78 Å². The van der Waals surface area contributed by atoms with Crippen molar-refractivity contribution in [2.24, 2.45) is 5.16 Å². The van der Waals surface area contributed by atoms with Crippen LogP contribution in [0.4, 0.5) is 13.2 Å². The summed E-state index contributed by atoms with van der Waals surface area (Å²) in [6, 6.07) is 5.97. The summed E-state index contributed by atoms with van der Waals surface area (Å²) in [6.45, 7) is 0. The minimum atomic E-state index is -4.70. The normalized spacial score (nSPS) is 12.0. The molecule has 2 N–H and O–H groups in total. The first-order valence-corrected chi connectivity index (χ1v) is 6.98. The number of halogens is 3. The Hall–Kier alpha value is -3.10. The molecule has 0 bridgehead atoms. The molecule has 25 heavy (non-hydrogen) atoms. The molecule has 0 atom stereocenters. The minimum absolute atomic E-state index is 0.112. The molecule has 0 radical (unpaired) electrons. The van der Waals surface area contributed by atoms with Gasteiger partial charge in [0.2, 0.25) is 0 Å². The average Bonchev–Trinajstić information content (AvgIpc) is 2.59. The van der Waals surface area contributed by atoms with Crippen LogP contribution in [0.3, 0.4) is 0 Å². The molecular weight excluding hydrogens is 339 g/mol. The highest BCUT2D eigenvalue weighted by Crippen LogP contribution is 2.39. The summed E-state index contributed by atoms with van der Waals surface area (Å²) >= 11 is 0. The van der Waals surface area contributed by atoms with Crippen molar-refractivity contribution in [3.63, 3.8) is 0 Å². The number of benzene rings is 1. The second-order valence-corrected chi connectivity index (χ2v) is 4.83. The molecule has 6 nitrogen and oxygen atoms in total. The second-order valence-electron chi connectivity index (χ2n) is 4.83. The molecule has 0 saturated carbocycles. The van der Waals surface area contributed by atoms with Gasteiger partial charge >= 0.3 is 6.18 Å². The first-order valence-electron chi connectivity index (χ1n) is 6.98. The van der Waals surface area contributed by atoms with Crippen LogP contribution in [0.2, 0.25) is 0 Å². The predicted molar refractivity (Wildman–Crippen MR) is 84.0 cm³/mol. The van der Waals surface area contributed by atoms with Crippen LogP contribution in [0, 0.1) is 0 Å². The fourth-order valence-electron chi connectivity index (χ4n) is 2.12. The molecule has 0 unspecified atom stereocenters. The number of rotatable bonds is 4. The number of hydrogen-bond donors (Lipinski definition) is 2. The first kappa shape index (κ1) is 18.2. The molecule has 0 aliphatic carbocycles. The third kappa shape index (κ3) is 3.87. The highest BCUT2D eigenvalue weighted by molar-refractivity contribution is 6.46. The van der Waals surface area contributed by atoms with Gasteiger partial charge in [0, 0.05) is 18.8 Å². The van der Waals surface area contributed by atoms with E-state index in [0.717, 1.165) is 13.2 Å². The molecule has 0 spiro atoms. The summed E-state index contributed by atoms with van der Waals surface area (Å²) in [5.74, 6) is -1.38. The van der Waals surface area contributed by atoms with Crippen molar-refractivity contribution in [1.29, 1.82) is 0 Å². The molecule has 2 rings (SSSR count). The summed E-state index contributed by atoms with van der Waals surface area (Å²) in [7, 11) is 2.41. The third-order valence-corrected chi connectivity index (χ3v) is 3.26. The topological polar surface area (TPSA) is 83.8 Å². The van der Waals surface area contributed by atoms with Crippen LogP contribution >= 0.6 is 0 Å². The molecule has 1 amide bonds. The number of likely N-dealkylation sites (N-methyl/N-ethyl adjacent to an activating group) is 1. The van der Waals surface area contributed by atoms with E-state index in [0.29, 0.717) is 6.07 Å². The van der Waals surface area contributed by atoms with Crippen LogP contribution in [-0.2, 0) is 15.8 Å². The lowest BCUT2D eigenvalue weighted by atomic mass is 9.97. The van der Waals surface area contributed by atoms with E-state index in [1.54, 1.807) is 12.1 Å². The van der Waals surface area contributed by atoms with Gasteiger partial charge in [-0.25, -0.2) is 0 Å². The molecule has 1 aromatic heterocycles. The van der Waals surface area contributed by atoms with E-state index in [9.17, 15) is 23.1 Å². The van der Waals surface area contributed by atoms with E-state index in [1.165, 1.54) is 19.3 Å². The van der Waals surface area contributed by atoms with Gasteiger partial charge in [0.25, 0.3) is 5.91 Å². The number of amides is 1. The summed E-state index contributed by atoms with van der Waals surface area (Å²) in [6.07, 6.45) is -3.33. The Morgan fingerprint density at radius 2 is 2.04 bits per heavy atom. The highest BCUT2D eigenvalue weighted by Gasteiger charge is 2.34. The standard InChI is InChI=1S/C16H14F3N3O3/c1-20-15(24)13(22-25-2)11-8-9(16(17,18)19)7-10(14(11)23)12-5-3-4-6-21-12/h3-8,23H,1-2H3,(H,20,24). The summed E-state index contributed by atoms with van der Waals surface area (Å²) in [4.78, 5) is 20.4. The lowest BCUT2D eigenvalue weighted by Crippen LogP contribution is -2.29. The zero-order valence-electron chi connectivity index (χ0n) is 13.3. The van der Waals surface area contributed by atoms with Gasteiger partial charge in [-0.05, 0) is 24.3 Å². The van der Waals surface area contributed by atoms with Crippen molar-refractivity contribution < 1.29 is 27.9 Å². The third-order valence-electron chi connectivity index (χ3n) is 3.26. The number of phenolic OH excluding ortho intramolecular Hbond substituents is 1. The SMILES string of the molecule is CNC(=O)C(=NOC)c1cc(C(F)(F)F)cc(-c2ccccn2)c1O. The maximum absolute atomic E-state index is 13.3. The smallest absolute Gasteiger partial charge is 0.416 e. The molecule has 0 aliphatic rings. The van der Waals surface area contributed by atoms with Gasteiger partial charge in [-0.1, -0.05) is 11.2 Å². The van der Waals surface area contributed by atoms with Gasteiger partial charge in [-0.15, -0.1) is 0 Å². The minimum Gasteiger partial charge on any atom is -0.507 e. The number of nitrogens with one attached hydrogen (secondary N) is 1. The molecule has 1 heterocycles. The monoisotopic (exact) mass is 353 g/mol. The number of alkyl halides is 3. The maximum atomic E-state index is 13.3. The Kier molecular flexibility index (Phi) is 5.26. The zero-order chi connectivity index (χ0) is 18.6. The maximum Gasteiger partial charge on any atom is 0.416 e. The lowest BCUT2D eigenvalue weighted by molar-refractivity contribution is -0.137. The fraction of sp³-hybridized carbons (Fsp3) is 0.188. The van der Waals surface area contributed by atoms with Crippen molar-refractivity contribution in [2.45, 2.75) is 6.18 Å². The quantitative estimate of drug-likeness (QED) is 0.654. The van der Waals surface area contributed by atoms with Crippen molar-refractivity contribution in [2.75, 3.05) is 14.2 Å². The molecule has 2 aromatic rings. The number of oxime groups is 1. The number of hydrogen-bond acceptors (Lipinski definition) is 5. The van der Waals surface area contributed by atoms with Crippen LogP contribution in [0.25, 0.3) is 11.3 Å². The number of aromatic nitrogens is 1. The van der Waals surface area contributed by atoms with Crippen LogP contribution < -0.4 is 5.32 Å². The van der Waals surface area contributed by atoms with E-state index < -0.39 is 34.7 Å². The molecule has 0 aliphatic heterocycles. The zero-order valence-corrected chi connectivity index (χ0v) is 13.3. The van der Waals surface area contributed by atoms with Gasteiger partial charge in [0.15, 0.2) is 5.71 Å². The number of pyridine rings is 1. The van der Waals surface area contributed by atoms with Crippen molar-refractivity contribution in [1.82, 2.24) is 10.3 Å². The van der Waals surface area contributed by atoms with Gasteiger partial charge in [0.05, 0.1) is 16.8 Å². The highest BCUT2D eigenvalue weighted by atomic mass is 19.4. The molecule has 9 heteroatoms. The molecule has 132 valence electrons. The second kappa shape index (κ2) is 7.20. The number of phenols is 1. The van der Waals surface area contributed by atoms with Crippen LogP contribution in [0.5, 0.6) is 5.75 Å². The fourth-order valence-corrected chi connectivity index (χ4v) is 2.12. The average molecular weight is 353 g/mol. The number of carbonyl (C=O) groups is 1. The Morgan fingerprint density at radius 3 is 2.56 bits per heavy atom. The van der Waals surface area contributed by atoms with E-state index >= 15 is 0 Å². The van der Waals surface area contributed by atoms with E-state index in [-0.39, 0.29) is 11.3 Å². The number of nitrogens with zero attached hydrogens (tertiary/aromatic N) is 2. The molecule has 0 fully saturated rings. The largest absolute Gasteiger partial charge is 0.507 e. The van der Waals surface area contributed by atoms with Crippen molar-refractivity contribution in [3.8, 4) is 17.0 Å². The van der Waals surface area contributed by atoms with Crippen molar-refractivity contribution >= 4 is 11.6 Å². The lowest BCUT2D eigenvalue weighted by Gasteiger charge is -2.15. The van der Waals surface area contributed by atoms with E-state index in [1.807, 2.05) is 0 Å². The number of carbonyl (C=O) groups excluding carboxylic acids is 1. The van der Waals surface area contributed by atoms with Crippen molar-refractivity contribution in [3.05, 3.63) is 47.7 Å². The summed E-state index contributed by atoms with van der Waals surface area (Å²) < 4.78 is 39.8. The van der Waals surface area contributed by atoms with Crippen LogP contribution in [-0.4, -0.2) is 35.9 Å².